The van der Waals surface area contributed by atoms with Crippen LogP contribution in [0.5, 0.6) is 5.75 Å². The van der Waals surface area contributed by atoms with Crippen LogP contribution >= 0.6 is 11.6 Å². The van der Waals surface area contributed by atoms with Gasteiger partial charge in [-0.3, -0.25) is 9.59 Å². The maximum absolute atomic E-state index is 12.6. The highest BCUT2D eigenvalue weighted by atomic mass is 35.5. The Hall–Kier alpha value is -1.75. The van der Waals surface area contributed by atoms with Crippen molar-refractivity contribution in [3.63, 3.8) is 0 Å². The number of nitrogens with zero attached hydrogens (tertiary/aromatic N) is 1. The van der Waals surface area contributed by atoms with Crippen LogP contribution in [0.1, 0.15) is 30.1 Å². The molecule has 1 aromatic rings. The van der Waals surface area contributed by atoms with E-state index in [0.717, 1.165) is 12.8 Å². The average molecular weight is 326 g/mol. The first-order chi connectivity index (χ1) is 10.6. The Morgan fingerprint density at radius 3 is 2.82 bits per heavy atom. The predicted molar refractivity (Wildman–Crippen MR) is 83.3 cm³/mol. The lowest BCUT2D eigenvalue weighted by molar-refractivity contribution is -0.149. The summed E-state index contributed by atoms with van der Waals surface area (Å²) in [6, 6.07) is 4.96. The van der Waals surface area contributed by atoms with E-state index in [2.05, 4.69) is 0 Å². The third-order valence-electron chi connectivity index (χ3n) is 3.74. The number of carbonyl (C=O) groups is 2. The van der Waals surface area contributed by atoms with Crippen molar-refractivity contribution in [2.75, 3.05) is 26.8 Å². The topological polar surface area (TPSA) is 55.8 Å². The molecule has 1 amide bonds. The zero-order valence-electron chi connectivity index (χ0n) is 12.8. The molecule has 0 bridgehead atoms. The summed E-state index contributed by atoms with van der Waals surface area (Å²) in [6.45, 7) is 3.13. The third kappa shape index (κ3) is 3.71. The molecule has 1 unspecified atom stereocenters. The van der Waals surface area contributed by atoms with Crippen molar-refractivity contribution in [3.05, 3.63) is 28.8 Å². The highest BCUT2D eigenvalue weighted by Crippen LogP contribution is 2.26. The van der Waals surface area contributed by atoms with E-state index in [-0.39, 0.29) is 17.8 Å². The summed E-state index contributed by atoms with van der Waals surface area (Å²) in [5, 5.41) is 0.350. The molecule has 0 radical (unpaired) electrons. The largest absolute Gasteiger partial charge is 0.497 e. The zero-order chi connectivity index (χ0) is 16.1. The van der Waals surface area contributed by atoms with Crippen LogP contribution in [0, 0.1) is 5.92 Å². The van der Waals surface area contributed by atoms with Gasteiger partial charge in [-0.2, -0.15) is 0 Å². The molecule has 1 atom stereocenters. The maximum atomic E-state index is 12.6. The summed E-state index contributed by atoms with van der Waals surface area (Å²) < 4.78 is 10.1. The van der Waals surface area contributed by atoms with Gasteiger partial charge in [-0.15, -0.1) is 0 Å². The van der Waals surface area contributed by atoms with Crippen LogP contribution < -0.4 is 4.74 Å². The second-order valence-corrected chi connectivity index (χ2v) is 5.60. The molecule has 5 nitrogen and oxygen atoms in total. The molecule has 1 aliphatic heterocycles. The summed E-state index contributed by atoms with van der Waals surface area (Å²) in [4.78, 5) is 26.1. The fraction of sp³-hybridized carbons (Fsp3) is 0.500. The van der Waals surface area contributed by atoms with Gasteiger partial charge in [0.1, 0.15) is 5.75 Å². The number of piperidine rings is 1. The highest BCUT2D eigenvalue weighted by Gasteiger charge is 2.30. The summed E-state index contributed by atoms with van der Waals surface area (Å²) in [6.07, 6.45) is 1.53. The number of halogens is 1. The number of likely N-dealkylation sites (tertiary alicyclic amines) is 1. The van der Waals surface area contributed by atoms with Gasteiger partial charge in [0.25, 0.3) is 5.91 Å². The van der Waals surface area contributed by atoms with E-state index in [1.165, 1.54) is 0 Å². The normalized spacial score (nSPS) is 18.0. The maximum Gasteiger partial charge on any atom is 0.310 e. The Balaban J connectivity index is 2.10. The molecular weight excluding hydrogens is 306 g/mol. The number of amides is 1. The fourth-order valence-electron chi connectivity index (χ4n) is 2.58. The van der Waals surface area contributed by atoms with Crippen LogP contribution in [0.4, 0.5) is 0 Å². The molecular formula is C16H20ClNO4. The lowest BCUT2D eigenvalue weighted by atomic mass is 9.97. The van der Waals surface area contributed by atoms with Crippen LogP contribution in [-0.2, 0) is 9.53 Å². The van der Waals surface area contributed by atoms with E-state index in [9.17, 15) is 9.59 Å². The fourth-order valence-corrected chi connectivity index (χ4v) is 2.83. The minimum atomic E-state index is -0.255. The van der Waals surface area contributed by atoms with Crippen LogP contribution in [0.25, 0.3) is 0 Å². The Morgan fingerprint density at radius 2 is 2.18 bits per heavy atom. The van der Waals surface area contributed by atoms with Crippen molar-refractivity contribution < 1.29 is 19.1 Å². The van der Waals surface area contributed by atoms with E-state index in [4.69, 9.17) is 21.1 Å². The molecule has 0 spiro atoms. The minimum Gasteiger partial charge on any atom is -0.497 e. The summed E-state index contributed by atoms with van der Waals surface area (Å²) in [5.74, 6) is -0.0539. The van der Waals surface area contributed by atoms with Crippen molar-refractivity contribution in [2.24, 2.45) is 5.92 Å². The van der Waals surface area contributed by atoms with E-state index < -0.39 is 0 Å². The number of hydrogen-bond donors (Lipinski definition) is 0. The standard InChI is InChI=1S/C16H20ClNO4/c1-3-22-16(20)11-5-4-8-18(10-11)15(19)13-7-6-12(21-2)9-14(13)17/h6-7,9,11H,3-5,8,10H2,1-2H3. The number of carbonyl (C=O) groups excluding carboxylic acids is 2. The summed E-state index contributed by atoms with van der Waals surface area (Å²) >= 11 is 6.15. The monoisotopic (exact) mass is 325 g/mol. The van der Waals surface area contributed by atoms with E-state index >= 15 is 0 Å². The Labute approximate surface area is 135 Å². The second-order valence-electron chi connectivity index (χ2n) is 5.19. The van der Waals surface area contributed by atoms with Gasteiger partial charge in [0.05, 0.1) is 30.2 Å². The molecule has 2 rings (SSSR count). The molecule has 0 aromatic heterocycles. The molecule has 0 aliphatic carbocycles. The highest BCUT2D eigenvalue weighted by molar-refractivity contribution is 6.34. The van der Waals surface area contributed by atoms with Crippen LogP contribution in [0.2, 0.25) is 5.02 Å². The lowest BCUT2D eigenvalue weighted by Crippen LogP contribution is -2.42. The number of methoxy groups -OCH3 is 1. The molecule has 1 aliphatic rings. The van der Waals surface area contributed by atoms with E-state index in [0.29, 0.717) is 36.0 Å². The Morgan fingerprint density at radius 1 is 1.41 bits per heavy atom. The number of ether oxygens (including phenoxy) is 2. The number of hydrogen-bond acceptors (Lipinski definition) is 4. The van der Waals surface area contributed by atoms with Gasteiger partial charge in [0.2, 0.25) is 0 Å². The SMILES string of the molecule is CCOC(=O)C1CCCN(C(=O)c2ccc(OC)cc2Cl)C1. The molecule has 1 heterocycles. The molecule has 0 N–H and O–H groups in total. The van der Waals surface area contributed by atoms with Gasteiger partial charge in [-0.1, -0.05) is 11.6 Å². The van der Waals surface area contributed by atoms with E-state index in [1.54, 1.807) is 37.1 Å². The van der Waals surface area contributed by atoms with Gasteiger partial charge in [-0.25, -0.2) is 0 Å². The molecule has 120 valence electrons. The van der Waals surface area contributed by atoms with Gasteiger partial charge in [0, 0.05) is 13.1 Å². The van der Waals surface area contributed by atoms with Crippen molar-refractivity contribution in [1.29, 1.82) is 0 Å². The van der Waals surface area contributed by atoms with Gasteiger partial charge >= 0.3 is 5.97 Å². The molecule has 22 heavy (non-hydrogen) atoms. The van der Waals surface area contributed by atoms with Crippen molar-refractivity contribution in [2.45, 2.75) is 19.8 Å². The van der Waals surface area contributed by atoms with Gasteiger partial charge in [0.15, 0.2) is 0 Å². The van der Waals surface area contributed by atoms with Crippen molar-refractivity contribution >= 4 is 23.5 Å². The van der Waals surface area contributed by atoms with Crippen LogP contribution in [0.15, 0.2) is 18.2 Å². The zero-order valence-corrected chi connectivity index (χ0v) is 13.6. The smallest absolute Gasteiger partial charge is 0.310 e. The molecule has 1 aromatic carbocycles. The van der Waals surface area contributed by atoms with Gasteiger partial charge in [-0.05, 0) is 38.0 Å². The number of esters is 1. The molecule has 1 saturated heterocycles. The first-order valence-electron chi connectivity index (χ1n) is 7.36. The molecule has 6 heteroatoms. The first-order valence-corrected chi connectivity index (χ1v) is 7.74. The predicted octanol–water partition coefficient (Wildman–Crippen LogP) is 2.76. The lowest BCUT2D eigenvalue weighted by Gasteiger charge is -2.31. The quantitative estimate of drug-likeness (QED) is 0.799. The minimum absolute atomic E-state index is 0.165. The third-order valence-corrected chi connectivity index (χ3v) is 4.05. The second kappa shape index (κ2) is 7.49. The summed E-state index contributed by atoms with van der Waals surface area (Å²) in [5.41, 5.74) is 0.423. The number of benzene rings is 1. The first kappa shape index (κ1) is 16.6. The van der Waals surface area contributed by atoms with Crippen molar-refractivity contribution in [1.82, 2.24) is 4.90 Å². The van der Waals surface area contributed by atoms with Crippen LogP contribution in [-0.4, -0.2) is 43.6 Å². The number of rotatable bonds is 4. The van der Waals surface area contributed by atoms with Gasteiger partial charge < -0.3 is 14.4 Å². The molecule has 0 saturated carbocycles. The van der Waals surface area contributed by atoms with Crippen LogP contribution in [0.3, 0.4) is 0 Å². The average Bonchev–Trinajstić information content (AvgIpc) is 2.54. The van der Waals surface area contributed by atoms with Crippen molar-refractivity contribution in [3.8, 4) is 5.75 Å². The summed E-state index contributed by atoms with van der Waals surface area (Å²) in [7, 11) is 1.54. The Bertz CT molecular complexity index is 561. The van der Waals surface area contributed by atoms with E-state index in [1.807, 2.05) is 0 Å². The Kier molecular flexibility index (Phi) is 5.66. The molecule has 1 fully saturated rings.